The fraction of sp³-hybridized carbons (Fsp3) is 0.727. The Labute approximate surface area is 91.6 Å². The van der Waals surface area contributed by atoms with E-state index in [0.29, 0.717) is 17.7 Å². The van der Waals surface area contributed by atoms with Crippen LogP contribution in [0, 0.1) is 0 Å². The van der Waals surface area contributed by atoms with Crippen molar-refractivity contribution in [3.63, 3.8) is 0 Å². The number of aromatic nitrogens is 2. The largest absolute Gasteiger partial charge is 0.382 e. The molecule has 86 valence electrons. The zero-order valence-electron chi connectivity index (χ0n) is 10.1. The predicted molar refractivity (Wildman–Crippen MR) is 64.2 cm³/mol. The molecule has 4 nitrogen and oxygen atoms in total. The third-order valence-electron chi connectivity index (χ3n) is 2.89. The number of nitrogens with two attached hydrogens (primary N) is 2. The Balaban J connectivity index is 3.14. The van der Waals surface area contributed by atoms with Gasteiger partial charge in [-0.05, 0) is 12.8 Å². The summed E-state index contributed by atoms with van der Waals surface area (Å²) in [5.74, 6) is 8.10. The first-order chi connectivity index (χ1) is 7.02. The van der Waals surface area contributed by atoms with Gasteiger partial charge < -0.3 is 11.6 Å². The average molecular weight is 210 g/mol. The number of anilines is 1. The van der Waals surface area contributed by atoms with Crippen molar-refractivity contribution in [3.05, 3.63) is 11.5 Å². The summed E-state index contributed by atoms with van der Waals surface area (Å²) in [4.78, 5) is 4.56. The molecule has 1 aromatic rings. The summed E-state index contributed by atoms with van der Waals surface area (Å²) in [6, 6.07) is 0. The molecule has 4 heteroatoms. The first-order valence-corrected chi connectivity index (χ1v) is 5.65. The van der Waals surface area contributed by atoms with Gasteiger partial charge in [0.25, 0.3) is 0 Å². The minimum atomic E-state index is 0.306. The third-order valence-corrected chi connectivity index (χ3v) is 2.89. The molecule has 0 saturated heterocycles. The molecule has 0 spiro atoms. The standard InChI is InChI=1S/C11H22N4/c1-5-8(6-2)9-10(12)15(13)11(14-9)7(3)4/h7-8H,5-6,12-13H2,1-4H3. The molecule has 0 aromatic carbocycles. The fourth-order valence-corrected chi connectivity index (χ4v) is 1.86. The fourth-order valence-electron chi connectivity index (χ4n) is 1.86. The van der Waals surface area contributed by atoms with Gasteiger partial charge in [-0.2, -0.15) is 0 Å². The van der Waals surface area contributed by atoms with Crippen LogP contribution >= 0.6 is 0 Å². The van der Waals surface area contributed by atoms with E-state index in [1.165, 1.54) is 4.68 Å². The van der Waals surface area contributed by atoms with E-state index in [0.717, 1.165) is 24.4 Å². The van der Waals surface area contributed by atoms with Crippen molar-refractivity contribution in [2.24, 2.45) is 0 Å². The second-order valence-corrected chi connectivity index (χ2v) is 4.28. The first kappa shape index (κ1) is 11.9. The summed E-state index contributed by atoms with van der Waals surface area (Å²) >= 11 is 0. The van der Waals surface area contributed by atoms with Crippen LogP contribution in [0.15, 0.2) is 0 Å². The molecule has 4 N–H and O–H groups in total. The van der Waals surface area contributed by atoms with Crippen LogP contribution in [0.25, 0.3) is 0 Å². The van der Waals surface area contributed by atoms with E-state index < -0.39 is 0 Å². The molecule has 1 rings (SSSR count). The van der Waals surface area contributed by atoms with E-state index in [1.807, 2.05) is 0 Å². The summed E-state index contributed by atoms with van der Waals surface area (Å²) in [5.41, 5.74) is 6.93. The van der Waals surface area contributed by atoms with E-state index in [-0.39, 0.29) is 0 Å². The normalized spacial score (nSPS) is 11.6. The smallest absolute Gasteiger partial charge is 0.146 e. The van der Waals surface area contributed by atoms with Crippen molar-refractivity contribution in [1.82, 2.24) is 9.66 Å². The van der Waals surface area contributed by atoms with Crippen LogP contribution in [0.5, 0.6) is 0 Å². The molecule has 0 radical (unpaired) electrons. The quantitative estimate of drug-likeness (QED) is 0.748. The molecule has 15 heavy (non-hydrogen) atoms. The van der Waals surface area contributed by atoms with Gasteiger partial charge in [0.15, 0.2) is 0 Å². The first-order valence-electron chi connectivity index (χ1n) is 5.65. The Kier molecular flexibility index (Phi) is 3.61. The lowest BCUT2D eigenvalue weighted by molar-refractivity contribution is 0.624. The van der Waals surface area contributed by atoms with E-state index in [2.05, 4.69) is 32.7 Å². The lowest BCUT2D eigenvalue weighted by Gasteiger charge is -2.09. The second-order valence-electron chi connectivity index (χ2n) is 4.28. The van der Waals surface area contributed by atoms with E-state index in [4.69, 9.17) is 11.6 Å². The lowest BCUT2D eigenvalue weighted by Crippen LogP contribution is -2.16. The van der Waals surface area contributed by atoms with E-state index in [1.54, 1.807) is 0 Å². The highest BCUT2D eigenvalue weighted by Crippen LogP contribution is 2.28. The highest BCUT2D eigenvalue weighted by molar-refractivity contribution is 5.41. The number of hydrogen-bond acceptors (Lipinski definition) is 3. The highest BCUT2D eigenvalue weighted by Gasteiger charge is 2.20. The Hall–Kier alpha value is -1.19. The van der Waals surface area contributed by atoms with Crippen LogP contribution in [-0.4, -0.2) is 9.66 Å². The van der Waals surface area contributed by atoms with Crippen molar-refractivity contribution in [3.8, 4) is 0 Å². The minimum absolute atomic E-state index is 0.306. The summed E-state index contributed by atoms with van der Waals surface area (Å²) in [7, 11) is 0. The molecule has 1 heterocycles. The van der Waals surface area contributed by atoms with Crippen molar-refractivity contribution >= 4 is 5.82 Å². The Bertz CT molecular complexity index is 324. The van der Waals surface area contributed by atoms with Gasteiger partial charge in [-0.1, -0.05) is 27.7 Å². The van der Waals surface area contributed by atoms with E-state index in [9.17, 15) is 0 Å². The molecule has 0 aliphatic carbocycles. The molecular weight excluding hydrogens is 188 g/mol. The number of hydrogen-bond donors (Lipinski definition) is 2. The number of nitrogen functional groups attached to an aromatic ring is 2. The van der Waals surface area contributed by atoms with Gasteiger partial charge in [-0.3, -0.25) is 0 Å². The second kappa shape index (κ2) is 4.55. The minimum Gasteiger partial charge on any atom is -0.382 e. The predicted octanol–water partition coefficient (Wildman–Crippen LogP) is 2.21. The van der Waals surface area contributed by atoms with Gasteiger partial charge >= 0.3 is 0 Å². The SMILES string of the molecule is CCC(CC)c1nc(C(C)C)n(N)c1N. The molecular formula is C11H22N4. The summed E-state index contributed by atoms with van der Waals surface area (Å²) < 4.78 is 1.53. The zero-order chi connectivity index (χ0) is 11.6. The average Bonchev–Trinajstić information content (AvgIpc) is 2.48. The molecule has 0 fully saturated rings. The number of imidazole rings is 1. The van der Waals surface area contributed by atoms with Gasteiger partial charge in [0.05, 0.1) is 5.69 Å². The number of nitrogens with zero attached hydrogens (tertiary/aromatic N) is 2. The third kappa shape index (κ3) is 2.08. The molecule has 0 unspecified atom stereocenters. The maximum atomic E-state index is 5.97. The Morgan fingerprint density at radius 2 is 1.80 bits per heavy atom. The monoisotopic (exact) mass is 210 g/mol. The zero-order valence-corrected chi connectivity index (χ0v) is 10.1. The molecule has 1 aromatic heterocycles. The Morgan fingerprint density at radius 3 is 2.13 bits per heavy atom. The van der Waals surface area contributed by atoms with Gasteiger partial charge in [-0.25, -0.2) is 9.66 Å². The molecule has 0 amide bonds. The molecule has 0 bridgehead atoms. The molecule has 0 aliphatic rings. The highest BCUT2D eigenvalue weighted by atomic mass is 15.4. The van der Waals surface area contributed by atoms with Crippen molar-refractivity contribution < 1.29 is 0 Å². The summed E-state index contributed by atoms with van der Waals surface area (Å²) in [6.45, 7) is 8.44. The Morgan fingerprint density at radius 1 is 1.27 bits per heavy atom. The van der Waals surface area contributed by atoms with Crippen LogP contribution in [-0.2, 0) is 0 Å². The van der Waals surface area contributed by atoms with Crippen LogP contribution in [0.4, 0.5) is 5.82 Å². The van der Waals surface area contributed by atoms with E-state index >= 15 is 0 Å². The van der Waals surface area contributed by atoms with Crippen molar-refractivity contribution in [1.29, 1.82) is 0 Å². The van der Waals surface area contributed by atoms with Gasteiger partial charge in [0.1, 0.15) is 11.6 Å². The van der Waals surface area contributed by atoms with Crippen LogP contribution in [0.1, 0.15) is 63.9 Å². The summed E-state index contributed by atoms with van der Waals surface area (Å²) in [6.07, 6.45) is 2.10. The van der Waals surface area contributed by atoms with Crippen molar-refractivity contribution in [2.45, 2.75) is 52.4 Å². The molecule has 0 atom stereocenters. The number of rotatable bonds is 4. The van der Waals surface area contributed by atoms with Gasteiger partial charge in [-0.15, -0.1) is 0 Å². The maximum Gasteiger partial charge on any atom is 0.146 e. The van der Waals surface area contributed by atoms with Crippen molar-refractivity contribution in [2.75, 3.05) is 11.6 Å². The summed E-state index contributed by atoms with van der Waals surface area (Å²) in [5, 5.41) is 0. The molecule has 0 saturated carbocycles. The van der Waals surface area contributed by atoms with Crippen LogP contribution in [0.2, 0.25) is 0 Å². The topological polar surface area (TPSA) is 69.9 Å². The molecule has 0 aliphatic heterocycles. The van der Waals surface area contributed by atoms with Crippen LogP contribution < -0.4 is 11.6 Å². The maximum absolute atomic E-state index is 5.97. The van der Waals surface area contributed by atoms with Gasteiger partial charge in [0.2, 0.25) is 0 Å². The van der Waals surface area contributed by atoms with Gasteiger partial charge in [0, 0.05) is 11.8 Å². The van der Waals surface area contributed by atoms with Crippen LogP contribution in [0.3, 0.4) is 0 Å². The lowest BCUT2D eigenvalue weighted by atomic mass is 10.00.